The first kappa shape index (κ1) is 21.2. The number of aromatic carboxylic acids is 1. The van der Waals surface area contributed by atoms with Gasteiger partial charge in [0.15, 0.2) is 0 Å². The number of rotatable bonds is 5. The molecule has 1 fully saturated rings. The molecule has 7 nitrogen and oxygen atoms in total. The van der Waals surface area contributed by atoms with E-state index < -0.39 is 16.2 Å². The van der Waals surface area contributed by atoms with Gasteiger partial charge in [0.2, 0.25) is 0 Å². The van der Waals surface area contributed by atoms with Crippen molar-refractivity contribution >= 4 is 21.9 Å². The van der Waals surface area contributed by atoms with Crippen molar-refractivity contribution in [3.63, 3.8) is 0 Å². The Kier molecular flexibility index (Phi) is 5.90. The zero-order valence-corrected chi connectivity index (χ0v) is 18.0. The van der Waals surface area contributed by atoms with Crippen LogP contribution in [0.25, 0.3) is 0 Å². The number of ether oxygens (including phenoxy) is 1. The lowest BCUT2D eigenvalue weighted by Gasteiger charge is -2.18. The van der Waals surface area contributed by atoms with E-state index in [1.165, 1.54) is 42.5 Å². The molecule has 0 spiro atoms. The van der Waals surface area contributed by atoms with Gasteiger partial charge in [-0.15, -0.1) is 0 Å². The predicted molar refractivity (Wildman–Crippen MR) is 117 cm³/mol. The minimum absolute atomic E-state index is 0.0135. The summed E-state index contributed by atoms with van der Waals surface area (Å²) in [6.45, 7) is 0.510. The minimum atomic E-state index is -3.86. The highest BCUT2D eigenvalue weighted by molar-refractivity contribution is 7.90. The molecule has 2 N–H and O–H groups in total. The summed E-state index contributed by atoms with van der Waals surface area (Å²) in [4.78, 5) is 11.1. The van der Waals surface area contributed by atoms with Gasteiger partial charge in [0.1, 0.15) is 5.75 Å². The number of benzene rings is 2. The lowest BCUT2D eigenvalue weighted by atomic mass is 10.0. The zero-order chi connectivity index (χ0) is 22.0. The second kappa shape index (κ2) is 8.61. The lowest BCUT2D eigenvalue weighted by Crippen LogP contribution is -2.31. The van der Waals surface area contributed by atoms with Crippen LogP contribution in [0.15, 0.2) is 36.4 Å². The van der Waals surface area contributed by atoms with Gasteiger partial charge in [0.25, 0.3) is 0 Å². The van der Waals surface area contributed by atoms with Crippen molar-refractivity contribution in [2.45, 2.75) is 38.8 Å². The van der Waals surface area contributed by atoms with Crippen LogP contribution in [0.5, 0.6) is 5.75 Å². The van der Waals surface area contributed by atoms with Gasteiger partial charge in [0.05, 0.1) is 18.4 Å². The van der Waals surface area contributed by atoms with Gasteiger partial charge in [0, 0.05) is 24.6 Å². The van der Waals surface area contributed by atoms with Gasteiger partial charge in [-0.1, -0.05) is 30.7 Å². The van der Waals surface area contributed by atoms with E-state index in [-0.39, 0.29) is 30.1 Å². The number of hydrogen-bond acceptors (Lipinski definition) is 4. The number of fused-ring (bicyclic) bond motifs is 1. The molecule has 1 aliphatic carbocycles. The second-order valence-electron chi connectivity index (χ2n) is 7.83. The Labute approximate surface area is 182 Å². The molecule has 0 amide bonds. The highest BCUT2D eigenvalue weighted by Gasteiger charge is 2.30. The highest BCUT2D eigenvalue weighted by atomic mass is 32.2. The molecule has 1 aliphatic heterocycles. The monoisotopic (exact) mass is 440 g/mol. The van der Waals surface area contributed by atoms with Gasteiger partial charge < -0.3 is 9.84 Å². The zero-order valence-electron chi connectivity index (χ0n) is 17.2. The van der Waals surface area contributed by atoms with E-state index >= 15 is 0 Å². The summed E-state index contributed by atoms with van der Waals surface area (Å²) in [5.41, 5.74) is 3.00. The van der Waals surface area contributed by atoms with Crippen LogP contribution in [-0.2, 0) is 23.3 Å². The van der Waals surface area contributed by atoms with Crippen molar-refractivity contribution in [3.8, 4) is 17.6 Å². The molecule has 0 aromatic heterocycles. The normalized spacial score (nSPS) is 16.4. The minimum Gasteiger partial charge on any atom is -0.495 e. The Bertz CT molecular complexity index is 1170. The van der Waals surface area contributed by atoms with Crippen LogP contribution in [0.1, 0.15) is 52.7 Å². The number of nitrogens with zero attached hydrogens (tertiary/aromatic N) is 1. The molecule has 0 bridgehead atoms. The van der Waals surface area contributed by atoms with Crippen molar-refractivity contribution < 1.29 is 23.1 Å². The molecule has 0 atom stereocenters. The number of carboxylic acids is 1. The summed E-state index contributed by atoms with van der Waals surface area (Å²) in [5, 5.41) is 9.11. The topological polar surface area (TPSA) is 95.9 Å². The molecule has 0 radical (unpaired) electrons. The Morgan fingerprint density at radius 3 is 2.58 bits per heavy atom. The van der Waals surface area contributed by atoms with Crippen LogP contribution in [-0.4, -0.2) is 30.9 Å². The molecule has 162 valence electrons. The Morgan fingerprint density at radius 1 is 1.13 bits per heavy atom. The highest BCUT2D eigenvalue weighted by Crippen LogP contribution is 2.31. The van der Waals surface area contributed by atoms with Gasteiger partial charge >= 0.3 is 16.2 Å². The fourth-order valence-corrected chi connectivity index (χ4v) is 5.17. The molecule has 2 aliphatic rings. The van der Waals surface area contributed by atoms with Gasteiger partial charge in [-0.3, -0.25) is 4.72 Å². The van der Waals surface area contributed by atoms with Crippen LogP contribution in [0.4, 0.5) is 5.69 Å². The van der Waals surface area contributed by atoms with Crippen LogP contribution >= 0.6 is 0 Å². The molecule has 0 saturated heterocycles. The maximum absolute atomic E-state index is 13.0. The summed E-state index contributed by atoms with van der Waals surface area (Å²) >= 11 is 0. The smallest absolute Gasteiger partial charge is 0.335 e. The van der Waals surface area contributed by atoms with E-state index in [0.29, 0.717) is 5.92 Å². The van der Waals surface area contributed by atoms with Crippen molar-refractivity contribution in [1.82, 2.24) is 4.31 Å². The largest absolute Gasteiger partial charge is 0.495 e. The first-order valence-electron chi connectivity index (χ1n) is 10.2. The number of hydrogen-bond donors (Lipinski definition) is 2. The SMILES string of the molecule is COc1cc(C(=O)O)ccc1NS(=O)(=O)N1Cc2ccc(C#CC3CCCC3)cc2C1. The molecular weight excluding hydrogens is 416 g/mol. The Morgan fingerprint density at radius 2 is 1.87 bits per heavy atom. The Hall–Kier alpha value is -3.02. The summed E-state index contributed by atoms with van der Waals surface area (Å²) in [5.74, 6) is 6.08. The van der Waals surface area contributed by atoms with E-state index in [1.807, 2.05) is 18.2 Å². The van der Waals surface area contributed by atoms with E-state index in [4.69, 9.17) is 9.84 Å². The third kappa shape index (κ3) is 4.68. The number of methoxy groups -OCH3 is 1. The molecule has 0 unspecified atom stereocenters. The van der Waals surface area contributed by atoms with Crippen molar-refractivity contribution in [2.24, 2.45) is 5.92 Å². The van der Waals surface area contributed by atoms with Gasteiger partial charge in [-0.25, -0.2) is 4.79 Å². The maximum atomic E-state index is 13.0. The van der Waals surface area contributed by atoms with Gasteiger partial charge in [-0.05, 0) is 54.3 Å². The summed E-state index contributed by atoms with van der Waals surface area (Å²) in [6.07, 6.45) is 4.80. The third-order valence-electron chi connectivity index (χ3n) is 5.70. The van der Waals surface area contributed by atoms with E-state index in [9.17, 15) is 13.2 Å². The van der Waals surface area contributed by atoms with E-state index in [1.54, 1.807) is 0 Å². The molecule has 4 rings (SSSR count). The summed E-state index contributed by atoms with van der Waals surface area (Å²) in [7, 11) is -2.51. The number of carbonyl (C=O) groups is 1. The molecule has 1 heterocycles. The molecule has 31 heavy (non-hydrogen) atoms. The Balaban J connectivity index is 1.50. The van der Waals surface area contributed by atoms with Gasteiger partial charge in [-0.2, -0.15) is 12.7 Å². The molecule has 2 aromatic carbocycles. The standard InChI is InChI=1S/C23H24N2O5S/c1-30-22-13-18(23(26)27)10-11-21(22)24-31(28,29)25-14-19-9-8-17(12-20(19)15-25)7-6-16-4-2-3-5-16/h8-13,16,24H,2-5,14-15H2,1H3,(H,26,27). The number of carboxylic acid groups (broad SMARTS) is 1. The fraction of sp³-hybridized carbons (Fsp3) is 0.348. The number of nitrogens with one attached hydrogen (secondary N) is 1. The van der Waals surface area contributed by atoms with Crippen molar-refractivity contribution in [2.75, 3.05) is 11.8 Å². The molecular formula is C23H24N2O5S. The van der Waals surface area contributed by atoms with Crippen molar-refractivity contribution in [1.29, 1.82) is 0 Å². The predicted octanol–water partition coefficient (Wildman–Crippen LogP) is 3.61. The fourth-order valence-electron chi connectivity index (χ4n) is 3.98. The van der Waals surface area contributed by atoms with Crippen LogP contribution in [0.2, 0.25) is 0 Å². The van der Waals surface area contributed by atoms with Crippen LogP contribution < -0.4 is 9.46 Å². The molecule has 1 saturated carbocycles. The first-order valence-corrected chi connectivity index (χ1v) is 11.6. The molecule has 8 heteroatoms. The molecule has 2 aromatic rings. The lowest BCUT2D eigenvalue weighted by molar-refractivity contribution is 0.0696. The summed E-state index contributed by atoms with van der Waals surface area (Å²) in [6, 6.07) is 9.85. The quantitative estimate of drug-likeness (QED) is 0.693. The van der Waals surface area contributed by atoms with E-state index in [0.717, 1.165) is 29.5 Å². The maximum Gasteiger partial charge on any atom is 0.335 e. The first-order chi connectivity index (χ1) is 14.9. The van der Waals surface area contributed by atoms with Crippen LogP contribution in [0, 0.1) is 17.8 Å². The summed E-state index contributed by atoms with van der Waals surface area (Å²) < 4.78 is 34.9. The number of anilines is 1. The average molecular weight is 441 g/mol. The van der Waals surface area contributed by atoms with Crippen LogP contribution in [0.3, 0.4) is 0 Å². The second-order valence-corrected chi connectivity index (χ2v) is 9.50. The third-order valence-corrected chi connectivity index (χ3v) is 7.12. The van der Waals surface area contributed by atoms with Crippen molar-refractivity contribution in [3.05, 3.63) is 58.7 Å². The average Bonchev–Trinajstić information content (AvgIpc) is 3.41. The van der Waals surface area contributed by atoms with E-state index in [2.05, 4.69) is 16.6 Å².